The van der Waals surface area contributed by atoms with E-state index in [1.807, 2.05) is 60.7 Å². The van der Waals surface area contributed by atoms with E-state index in [2.05, 4.69) is 5.32 Å². The summed E-state index contributed by atoms with van der Waals surface area (Å²) in [7, 11) is 0. The second-order valence-electron chi connectivity index (χ2n) is 7.34. The Morgan fingerprint density at radius 2 is 1.65 bits per heavy atom. The number of halogens is 1. The molecule has 0 radical (unpaired) electrons. The summed E-state index contributed by atoms with van der Waals surface area (Å²) >= 11 is 6.34. The van der Waals surface area contributed by atoms with Crippen LogP contribution in [0.15, 0.2) is 88.1 Å². The zero-order chi connectivity index (χ0) is 23.9. The Kier molecular flexibility index (Phi) is 7.25. The van der Waals surface area contributed by atoms with Gasteiger partial charge in [-0.1, -0.05) is 72.3 Å². The van der Waals surface area contributed by atoms with Crippen molar-refractivity contribution in [3.8, 4) is 16.9 Å². The average Bonchev–Trinajstić information content (AvgIpc) is 2.84. The van der Waals surface area contributed by atoms with Crippen LogP contribution in [0.4, 0.5) is 4.79 Å². The van der Waals surface area contributed by atoms with Gasteiger partial charge in [-0.15, -0.1) is 0 Å². The number of ether oxygens (including phenoxy) is 2. The number of hydrogen-bond donors (Lipinski definition) is 1. The maximum atomic E-state index is 12.3. The van der Waals surface area contributed by atoms with Crippen LogP contribution in [-0.4, -0.2) is 18.6 Å². The molecule has 1 aromatic heterocycles. The van der Waals surface area contributed by atoms with Crippen LogP contribution in [0, 0.1) is 0 Å². The van der Waals surface area contributed by atoms with Crippen LogP contribution in [0.25, 0.3) is 22.1 Å². The van der Waals surface area contributed by atoms with Crippen molar-refractivity contribution in [2.45, 2.75) is 13.0 Å². The summed E-state index contributed by atoms with van der Waals surface area (Å²) in [5.74, 6) is -0.564. The number of hydrogen-bond acceptors (Lipinski definition) is 6. The first-order chi connectivity index (χ1) is 16.5. The molecular weight excluding hydrogens is 458 g/mol. The van der Waals surface area contributed by atoms with Crippen molar-refractivity contribution in [2.75, 3.05) is 6.54 Å². The standard InChI is InChI=1S/C26H20ClNO6/c27-21-13-20-19(18-9-5-2-6-10-18)14-25(30)33-22(20)15-23(21)34-24(29)11-12-28-26(31)32-16-17-7-3-1-4-8-17/h1-10,13-15H,11-12,16H2,(H,28,31). The molecule has 0 unspecified atom stereocenters. The molecular formula is C26H20ClNO6. The fourth-order valence-corrected chi connectivity index (χ4v) is 3.51. The van der Waals surface area contributed by atoms with Crippen molar-refractivity contribution in [1.82, 2.24) is 5.32 Å². The van der Waals surface area contributed by atoms with Crippen molar-refractivity contribution >= 4 is 34.6 Å². The van der Waals surface area contributed by atoms with Crippen molar-refractivity contribution in [2.24, 2.45) is 0 Å². The minimum absolute atomic E-state index is 0.0187. The third-order valence-corrected chi connectivity index (χ3v) is 5.21. The summed E-state index contributed by atoms with van der Waals surface area (Å²) in [5.41, 5.74) is 2.03. The van der Waals surface area contributed by atoms with E-state index in [-0.39, 0.29) is 35.9 Å². The molecule has 34 heavy (non-hydrogen) atoms. The second kappa shape index (κ2) is 10.7. The van der Waals surface area contributed by atoms with Crippen LogP contribution in [0.2, 0.25) is 5.02 Å². The van der Waals surface area contributed by atoms with Gasteiger partial charge in [-0.3, -0.25) is 4.79 Å². The van der Waals surface area contributed by atoms with E-state index in [0.29, 0.717) is 10.9 Å². The average molecular weight is 478 g/mol. The Labute approximate surface area is 199 Å². The summed E-state index contributed by atoms with van der Waals surface area (Å²) in [5, 5.41) is 3.28. The van der Waals surface area contributed by atoms with Gasteiger partial charge in [0, 0.05) is 24.1 Å². The highest BCUT2D eigenvalue weighted by Crippen LogP contribution is 2.34. The van der Waals surface area contributed by atoms with E-state index in [4.69, 9.17) is 25.5 Å². The molecule has 0 spiro atoms. The van der Waals surface area contributed by atoms with Crippen molar-refractivity contribution < 1.29 is 23.5 Å². The van der Waals surface area contributed by atoms with Crippen LogP contribution >= 0.6 is 11.6 Å². The molecule has 0 fully saturated rings. The number of carbonyl (C=O) groups excluding carboxylic acids is 2. The number of rotatable bonds is 7. The van der Waals surface area contributed by atoms with Gasteiger partial charge in [0.1, 0.15) is 12.2 Å². The number of fused-ring (bicyclic) bond motifs is 1. The first-order valence-corrected chi connectivity index (χ1v) is 10.9. The Hall–Kier alpha value is -4.10. The number of alkyl carbamates (subject to hydrolysis) is 1. The van der Waals surface area contributed by atoms with E-state index >= 15 is 0 Å². The van der Waals surface area contributed by atoms with Gasteiger partial charge in [0.2, 0.25) is 0 Å². The molecule has 1 heterocycles. The van der Waals surface area contributed by atoms with Gasteiger partial charge in [0.15, 0.2) is 5.75 Å². The Morgan fingerprint density at radius 1 is 0.941 bits per heavy atom. The largest absolute Gasteiger partial charge is 0.445 e. The number of esters is 1. The zero-order valence-corrected chi connectivity index (χ0v) is 18.7. The summed E-state index contributed by atoms with van der Waals surface area (Å²) in [6.45, 7) is 0.144. The molecule has 1 amide bonds. The summed E-state index contributed by atoms with van der Waals surface area (Å²) in [4.78, 5) is 36.1. The molecule has 0 aliphatic carbocycles. The van der Waals surface area contributed by atoms with Gasteiger partial charge in [-0.2, -0.15) is 0 Å². The molecule has 0 saturated heterocycles. The molecule has 4 rings (SSSR count). The lowest BCUT2D eigenvalue weighted by atomic mass is 10.0. The SMILES string of the molecule is O=C(CCNC(=O)OCc1ccccc1)Oc1cc2oc(=O)cc(-c3ccccc3)c2cc1Cl. The highest BCUT2D eigenvalue weighted by atomic mass is 35.5. The Bertz CT molecular complexity index is 1370. The van der Waals surface area contributed by atoms with Crippen molar-refractivity contribution in [3.63, 3.8) is 0 Å². The third kappa shape index (κ3) is 5.82. The summed E-state index contributed by atoms with van der Waals surface area (Å²) < 4.78 is 15.7. The van der Waals surface area contributed by atoms with Gasteiger partial charge in [0.25, 0.3) is 0 Å². The molecule has 0 bridgehead atoms. The molecule has 0 saturated carbocycles. The molecule has 8 heteroatoms. The van der Waals surface area contributed by atoms with Gasteiger partial charge in [0.05, 0.1) is 11.4 Å². The van der Waals surface area contributed by atoms with Gasteiger partial charge >= 0.3 is 17.7 Å². The molecule has 4 aromatic rings. The summed E-state index contributed by atoms with van der Waals surface area (Å²) in [6.07, 6.45) is -0.751. The number of nitrogens with one attached hydrogen (secondary N) is 1. The fourth-order valence-electron chi connectivity index (χ4n) is 3.31. The van der Waals surface area contributed by atoms with E-state index in [9.17, 15) is 14.4 Å². The van der Waals surface area contributed by atoms with E-state index in [1.54, 1.807) is 6.07 Å². The van der Waals surface area contributed by atoms with Gasteiger partial charge in [-0.05, 0) is 22.8 Å². The topological polar surface area (TPSA) is 94.8 Å². The lowest BCUT2D eigenvalue weighted by Crippen LogP contribution is -2.27. The van der Waals surface area contributed by atoms with Crippen LogP contribution in [0.5, 0.6) is 5.75 Å². The third-order valence-electron chi connectivity index (χ3n) is 4.92. The number of carbonyl (C=O) groups is 2. The van der Waals surface area contributed by atoms with E-state index in [0.717, 1.165) is 11.1 Å². The molecule has 0 aliphatic rings. The van der Waals surface area contributed by atoms with Crippen LogP contribution < -0.4 is 15.7 Å². The first kappa shape index (κ1) is 23.1. The van der Waals surface area contributed by atoms with Gasteiger partial charge in [-0.25, -0.2) is 9.59 Å². The highest BCUT2D eigenvalue weighted by Gasteiger charge is 2.15. The van der Waals surface area contributed by atoms with Gasteiger partial charge < -0.3 is 19.2 Å². The molecule has 3 aromatic carbocycles. The van der Waals surface area contributed by atoms with Crippen molar-refractivity contribution in [1.29, 1.82) is 0 Å². The fraction of sp³-hybridized carbons (Fsp3) is 0.115. The molecule has 7 nitrogen and oxygen atoms in total. The predicted octanol–water partition coefficient (Wildman–Crippen LogP) is 5.34. The second-order valence-corrected chi connectivity index (χ2v) is 7.74. The molecule has 1 N–H and O–H groups in total. The maximum Gasteiger partial charge on any atom is 0.407 e. The smallest absolute Gasteiger partial charge is 0.407 e. The minimum Gasteiger partial charge on any atom is -0.445 e. The van der Waals surface area contributed by atoms with Crippen LogP contribution in [-0.2, 0) is 16.1 Å². The minimum atomic E-state index is -0.643. The molecule has 172 valence electrons. The Balaban J connectivity index is 1.38. The lowest BCUT2D eigenvalue weighted by Gasteiger charge is -2.10. The summed E-state index contributed by atoms with van der Waals surface area (Å²) in [6, 6.07) is 22.9. The lowest BCUT2D eigenvalue weighted by molar-refractivity contribution is -0.134. The number of amides is 1. The highest BCUT2D eigenvalue weighted by molar-refractivity contribution is 6.33. The maximum absolute atomic E-state index is 12.3. The monoisotopic (exact) mass is 477 g/mol. The van der Waals surface area contributed by atoms with Crippen LogP contribution in [0.1, 0.15) is 12.0 Å². The predicted molar refractivity (Wildman–Crippen MR) is 128 cm³/mol. The normalized spacial score (nSPS) is 10.6. The van der Waals surface area contributed by atoms with Crippen molar-refractivity contribution in [3.05, 3.63) is 99.9 Å². The van der Waals surface area contributed by atoms with E-state index < -0.39 is 17.7 Å². The quantitative estimate of drug-likeness (QED) is 0.219. The Morgan fingerprint density at radius 3 is 2.38 bits per heavy atom. The molecule has 0 atom stereocenters. The number of benzene rings is 3. The molecule has 0 aliphatic heterocycles. The zero-order valence-electron chi connectivity index (χ0n) is 18.0. The van der Waals surface area contributed by atoms with E-state index in [1.165, 1.54) is 12.1 Å². The first-order valence-electron chi connectivity index (χ1n) is 10.5. The van der Waals surface area contributed by atoms with Crippen LogP contribution in [0.3, 0.4) is 0 Å².